The number of amides is 2. The molecule has 3 aromatic rings. The summed E-state index contributed by atoms with van der Waals surface area (Å²) in [5, 5.41) is 6.02. The molecule has 0 aliphatic heterocycles. The molecule has 0 aliphatic rings. The van der Waals surface area contributed by atoms with Crippen LogP contribution in [0.1, 0.15) is 11.3 Å². The molecule has 2 aromatic carbocycles. The van der Waals surface area contributed by atoms with E-state index in [4.69, 9.17) is 16.3 Å². The summed E-state index contributed by atoms with van der Waals surface area (Å²) < 4.78 is 20.5. The third kappa shape index (κ3) is 5.01. The lowest BCUT2D eigenvalue weighted by Gasteiger charge is -2.13. The maximum atomic E-state index is 13.4. The van der Waals surface area contributed by atoms with E-state index >= 15 is 0 Å². The fourth-order valence-corrected chi connectivity index (χ4v) is 2.88. The van der Waals surface area contributed by atoms with Gasteiger partial charge in [0.05, 0.1) is 19.3 Å². The van der Waals surface area contributed by atoms with Gasteiger partial charge in [-0.2, -0.15) is 0 Å². The highest BCUT2D eigenvalue weighted by Gasteiger charge is 2.09. The van der Waals surface area contributed by atoms with Crippen molar-refractivity contribution >= 4 is 23.3 Å². The molecule has 0 atom stereocenters. The molecule has 5 nitrogen and oxygen atoms in total. The Morgan fingerprint density at radius 2 is 2.04 bits per heavy atom. The number of hydrogen-bond acceptors (Lipinski definition) is 2. The molecule has 0 radical (unpaired) electrons. The highest BCUT2D eigenvalue weighted by atomic mass is 35.5. The van der Waals surface area contributed by atoms with Crippen molar-refractivity contribution in [2.24, 2.45) is 0 Å². The van der Waals surface area contributed by atoms with Crippen LogP contribution in [0, 0.1) is 5.82 Å². The minimum atomic E-state index is -0.380. The Labute approximate surface area is 161 Å². The fourth-order valence-electron chi connectivity index (χ4n) is 2.71. The average Bonchev–Trinajstić information content (AvgIpc) is 3.07. The Balaban J connectivity index is 1.62. The number of nitrogens with one attached hydrogen (secondary N) is 2. The van der Waals surface area contributed by atoms with Crippen LogP contribution in [0.3, 0.4) is 0 Å². The molecule has 0 unspecified atom stereocenters. The largest absolute Gasteiger partial charge is 0.495 e. The van der Waals surface area contributed by atoms with Crippen molar-refractivity contribution in [2.75, 3.05) is 12.4 Å². The standard InChI is InChI=1S/C20H19ClFN3O2/c1-27-19-8-7-15(21)11-18(19)24-20(26)23-12-17-6-3-9-25(17)13-14-4-2-5-16(22)10-14/h2-11H,12-13H2,1H3,(H2,23,24,26). The molecule has 0 saturated heterocycles. The van der Waals surface area contributed by atoms with Gasteiger partial charge in [0, 0.05) is 23.5 Å². The molecule has 0 saturated carbocycles. The summed E-state index contributed by atoms with van der Waals surface area (Å²) in [7, 11) is 1.52. The lowest BCUT2D eigenvalue weighted by atomic mass is 10.2. The highest BCUT2D eigenvalue weighted by Crippen LogP contribution is 2.27. The van der Waals surface area contributed by atoms with E-state index in [-0.39, 0.29) is 11.8 Å². The smallest absolute Gasteiger partial charge is 0.319 e. The summed E-state index contributed by atoms with van der Waals surface area (Å²) in [5.41, 5.74) is 2.23. The van der Waals surface area contributed by atoms with Crippen LogP contribution >= 0.6 is 11.6 Å². The van der Waals surface area contributed by atoms with Gasteiger partial charge in [-0.25, -0.2) is 9.18 Å². The number of rotatable bonds is 6. The Bertz CT molecular complexity index is 942. The summed E-state index contributed by atoms with van der Waals surface area (Å²) in [5.74, 6) is 0.248. The van der Waals surface area contributed by atoms with Crippen molar-refractivity contribution in [1.29, 1.82) is 0 Å². The van der Waals surface area contributed by atoms with E-state index in [2.05, 4.69) is 10.6 Å². The molecule has 1 heterocycles. The minimum Gasteiger partial charge on any atom is -0.495 e. The molecule has 27 heavy (non-hydrogen) atoms. The van der Waals surface area contributed by atoms with E-state index in [1.54, 1.807) is 24.3 Å². The van der Waals surface area contributed by atoms with Gasteiger partial charge in [0.1, 0.15) is 11.6 Å². The first-order valence-corrected chi connectivity index (χ1v) is 8.70. The highest BCUT2D eigenvalue weighted by molar-refractivity contribution is 6.31. The summed E-state index contributed by atoms with van der Waals surface area (Å²) in [6.45, 7) is 0.836. The molecule has 140 valence electrons. The molecule has 2 N–H and O–H groups in total. The predicted molar refractivity (Wildman–Crippen MR) is 104 cm³/mol. The maximum Gasteiger partial charge on any atom is 0.319 e. The first kappa shape index (κ1) is 18.8. The zero-order valence-electron chi connectivity index (χ0n) is 14.7. The van der Waals surface area contributed by atoms with E-state index in [9.17, 15) is 9.18 Å². The topological polar surface area (TPSA) is 55.3 Å². The van der Waals surface area contributed by atoms with Gasteiger partial charge in [-0.05, 0) is 48.0 Å². The normalized spacial score (nSPS) is 10.5. The lowest BCUT2D eigenvalue weighted by Crippen LogP contribution is -2.29. The van der Waals surface area contributed by atoms with E-state index in [1.807, 2.05) is 29.0 Å². The van der Waals surface area contributed by atoms with Crippen molar-refractivity contribution in [3.63, 3.8) is 0 Å². The van der Waals surface area contributed by atoms with Gasteiger partial charge < -0.3 is 19.9 Å². The van der Waals surface area contributed by atoms with Crippen molar-refractivity contribution in [1.82, 2.24) is 9.88 Å². The third-order valence-corrected chi connectivity index (χ3v) is 4.24. The van der Waals surface area contributed by atoms with E-state index < -0.39 is 0 Å². The van der Waals surface area contributed by atoms with Crippen LogP contribution in [-0.2, 0) is 13.1 Å². The summed E-state index contributed by atoms with van der Waals surface area (Å²) in [6.07, 6.45) is 1.89. The maximum absolute atomic E-state index is 13.4. The van der Waals surface area contributed by atoms with Gasteiger partial charge in [-0.15, -0.1) is 0 Å². The SMILES string of the molecule is COc1ccc(Cl)cc1NC(=O)NCc1cccn1Cc1cccc(F)c1. The molecular weight excluding hydrogens is 369 g/mol. The van der Waals surface area contributed by atoms with Gasteiger partial charge in [0.25, 0.3) is 0 Å². The Kier molecular flexibility index (Phi) is 5.98. The molecule has 0 spiro atoms. The second kappa shape index (κ2) is 8.60. The minimum absolute atomic E-state index is 0.269. The lowest BCUT2D eigenvalue weighted by molar-refractivity contribution is 0.251. The second-order valence-electron chi connectivity index (χ2n) is 5.91. The van der Waals surface area contributed by atoms with Gasteiger partial charge in [-0.3, -0.25) is 0 Å². The number of carbonyl (C=O) groups is 1. The number of ether oxygens (including phenoxy) is 1. The van der Waals surface area contributed by atoms with E-state index in [0.29, 0.717) is 29.5 Å². The zero-order valence-corrected chi connectivity index (χ0v) is 15.5. The third-order valence-electron chi connectivity index (χ3n) is 4.01. The summed E-state index contributed by atoms with van der Waals surface area (Å²) >= 11 is 5.97. The number of nitrogens with zero attached hydrogens (tertiary/aromatic N) is 1. The van der Waals surface area contributed by atoms with Crippen molar-refractivity contribution in [3.05, 3.63) is 82.9 Å². The van der Waals surface area contributed by atoms with E-state index in [0.717, 1.165) is 11.3 Å². The number of anilines is 1. The van der Waals surface area contributed by atoms with E-state index in [1.165, 1.54) is 19.2 Å². The number of hydrogen-bond donors (Lipinski definition) is 2. The monoisotopic (exact) mass is 387 g/mol. The van der Waals surface area contributed by atoms with Crippen LogP contribution in [-0.4, -0.2) is 17.7 Å². The van der Waals surface area contributed by atoms with Crippen LogP contribution < -0.4 is 15.4 Å². The summed E-state index contributed by atoms with van der Waals surface area (Å²) in [4.78, 5) is 12.2. The van der Waals surface area contributed by atoms with Gasteiger partial charge in [-0.1, -0.05) is 23.7 Å². The number of halogens is 2. The zero-order chi connectivity index (χ0) is 19.2. The predicted octanol–water partition coefficient (Wildman–Crippen LogP) is 4.66. The van der Waals surface area contributed by atoms with Crippen molar-refractivity contribution < 1.29 is 13.9 Å². The van der Waals surface area contributed by atoms with Gasteiger partial charge in [0.15, 0.2) is 0 Å². The van der Waals surface area contributed by atoms with Crippen LogP contribution in [0.4, 0.5) is 14.9 Å². The van der Waals surface area contributed by atoms with Gasteiger partial charge in [0.2, 0.25) is 0 Å². The summed E-state index contributed by atoms with van der Waals surface area (Å²) in [6, 6.07) is 14.8. The van der Waals surface area contributed by atoms with Crippen LogP contribution in [0.2, 0.25) is 5.02 Å². The molecule has 0 fully saturated rings. The van der Waals surface area contributed by atoms with Crippen LogP contribution in [0.25, 0.3) is 0 Å². The fraction of sp³-hybridized carbons (Fsp3) is 0.150. The molecular formula is C20H19ClFN3O2. The average molecular weight is 388 g/mol. The Morgan fingerprint density at radius 1 is 1.19 bits per heavy atom. The van der Waals surface area contributed by atoms with Crippen LogP contribution in [0.15, 0.2) is 60.8 Å². The molecule has 3 rings (SSSR count). The number of aromatic nitrogens is 1. The number of methoxy groups -OCH3 is 1. The first-order valence-electron chi connectivity index (χ1n) is 8.32. The molecule has 0 bridgehead atoms. The Hall–Kier alpha value is -2.99. The first-order chi connectivity index (χ1) is 13.0. The molecule has 2 amide bonds. The molecule has 1 aromatic heterocycles. The van der Waals surface area contributed by atoms with Crippen molar-refractivity contribution in [2.45, 2.75) is 13.1 Å². The number of benzene rings is 2. The quantitative estimate of drug-likeness (QED) is 0.646. The number of urea groups is 1. The Morgan fingerprint density at radius 3 is 2.81 bits per heavy atom. The molecule has 7 heteroatoms. The number of carbonyl (C=O) groups excluding carboxylic acids is 1. The van der Waals surface area contributed by atoms with Crippen LogP contribution in [0.5, 0.6) is 5.75 Å². The molecule has 0 aliphatic carbocycles. The van der Waals surface area contributed by atoms with Crippen molar-refractivity contribution in [3.8, 4) is 5.75 Å². The van der Waals surface area contributed by atoms with Gasteiger partial charge >= 0.3 is 6.03 Å². The second-order valence-corrected chi connectivity index (χ2v) is 6.35.